The van der Waals surface area contributed by atoms with Crippen LogP contribution in [0.25, 0.3) is 0 Å². The molecule has 0 atom stereocenters. The van der Waals surface area contributed by atoms with Crippen LogP contribution in [-0.4, -0.2) is 9.55 Å². The lowest BCUT2D eigenvalue weighted by Crippen LogP contribution is -2.02. The number of imidazole rings is 1. The highest BCUT2D eigenvalue weighted by Crippen LogP contribution is 2.14. The molecule has 0 bridgehead atoms. The van der Waals surface area contributed by atoms with Crippen LogP contribution >= 0.6 is 0 Å². The molecular formula is C10H14N2. The Labute approximate surface area is 72.9 Å². The van der Waals surface area contributed by atoms with Crippen molar-refractivity contribution in [2.75, 3.05) is 0 Å². The highest BCUT2D eigenvalue weighted by molar-refractivity contribution is 5.17. The first kappa shape index (κ1) is 7.59. The Kier molecular flexibility index (Phi) is 1.75. The Balaban J connectivity index is 2.48. The number of fused-ring (bicyclic) bond motifs is 1. The molecule has 1 aromatic rings. The van der Waals surface area contributed by atoms with Crippen molar-refractivity contribution >= 4 is 0 Å². The number of rotatable bonds is 0. The summed E-state index contributed by atoms with van der Waals surface area (Å²) in [5, 5.41) is 0. The van der Waals surface area contributed by atoms with Crippen LogP contribution in [0.5, 0.6) is 0 Å². The molecule has 2 rings (SSSR count). The van der Waals surface area contributed by atoms with Crippen molar-refractivity contribution in [1.29, 1.82) is 0 Å². The van der Waals surface area contributed by atoms with E-state index in [-0.39, 0.29) is 0 Å². The number of hydrogen-bond donors (Lipinski definition) is 0. The first-order chi connectivity index (χ1) is 5.79. The van der Waals surface area contributed by atoms with E-state index in [1.54, 1.807) is 0 Å². The van der Waals surface area contributed by atoms with Crippen LogP contribution < -0.4 is 0 Å². The predicted octanol–water partition coefficient (Wildman–Crippen LogP) is 2.00. The van der Waals surface area contributed by atoms with Crippen molar-refractivity contribution in [2.24, 2.45) is 0 Å². The van der Waals surface area contributed by atoms with Crippen molar-refractivity contribution in [1.82, 2.24) is 9.55 Å². The standard InChI is InChI=1S/C10H14N2/c1-8-9(2)12-7-5-3-4-6-10(12)11-8/h3-4H,5-7H2,1-2H3. The predicted molar refractivity (Wildman–Crippen MR) is 49.2 cm³/mol. The molecule has 0 fully saturated rings. The molecule has 0 amide bonds. The van der Waals surface area contributed by atoms with E-state index in [1.165, 1.54) is 17.2 Å². The van der Waals surface area contributed by atoms with Gasteiger partial charge in [-0.25, -0.2) is 4.98 Å². The smallest absolute Gasteiger partial charge is 0.112 e. The summed E-state index contributed by atoms with van der Waals surface area (Å²) < 4.78 is 2.33. The SMILES string of the molecule is Cc1nc2n(c1C)CCC=CC2. The minimum atomic E-state index is 0.995. The molecule has 2 heterocycles. The molecule has 12 heavy (non-hydrogen) atoms. The topological polar surface area (TPSA) is 17.8 Å². The highest BCUT2D eigenvalue weighted by atomic mass is 15.1. The number of aromatic nitrogens is 2. The second-order valence-corrected chi connectivity index (χ2v) is 3.31. The summed E-state index contributed by atoms with van der Waals surface area (Å²) in [6.45, 7) is 5.33. The lowest BCUT2D eigenvalue weighted by Gasteiger charge is -2.04. The molecule has 64 valence electrons. The van der Waals surface area contributed by atoms with E-state index in [1.807, 2.05) is 0 Å². The van der Waals surface area contributed by atoms with Gasteiger partial charge in [0, 0.05) is 18.7 Å². The maximum Gasteiger partial charge on any atom is 0.112 e. The fourth-order valence-electron chi connectivity index (χ4n) is 1.69. The van der Waals surface area contributed by atoms with E-state index in [9.17, 15) is 0 Å². The number of aryl methyl sites for hydroxylation is 1. The van der Waals surface area contributed by atoms with E-state index < -0.39 is 0 Å². The zero-order valence-electron chi connectivity index (χ0n) is 7.67. The monoisotopic (exact) mass is 162 g/mol. The fourth-order valence-corrected chi connectivity index (χ4v) is 1.69. The summed E-state index contributed by atoms with van der Waals surface area (Å²) in [7, 11) is 0. The van der Waals surface area contributed by atoms with E-state index in [2.05, 4.69) is 35.6 Å². The molecule has 0 aromatic carbocycles. The molecule has 0 radical (unpaired) electrons. The van der Waals surface area contributed by atoms with Gasteiger partial charge >= 0.3 is 0 Å². The Morgan fingerprint density at radius 1 is 1.33 bits per heavy atom. The van der Waals surface area contributed by atoms with Gasteiger partial charge in [0.1, 0.15) is 5.82 Å². The number of hydrogen-bond acceptors (Lipinski definition) is 1. The minimum absolute atomic E-state index is 0.995. The third-order valence-electron chi connectivity index (χ3n) is 2.52. The van der Waals surface area contributed by atoms with Gasteiger partial charge in [0.2, 0.25) is 0 Å². The molecule has 0 spiro atoms. The molecule has 2 heteroatoms. The van der Waals surface area contributed by atoms with Crippen LogP contribution in [0, 0.1) is 13.8 Å². The van der Waals surface area contributed by atoms with Gasteiger partial charge < -0.3 is 4.57 Å². The van der Waals surface area contributed by atoms with Crippen LogP contribution in [0.1, 0.15) is 23.6 Å². The fraction of sp³-hybridized carbons (Fsp3) is 0.500. The molecule has 2 nitrogen and oxygen atoms in total. The Morgan fingerprint density at radius 3 is 3.00 bits per heavy atom. The van der Waals surface area contributed by atoms with E-state index in [0.29, 0.717) is 0 Å². The van der Waals surface area contributed by atoms with Crippen LogP contribution in [0.3, 0.4) is 0 Å². The third-order valence-corrected chi connectivity index (χ3v) is 2.52. The minimum Gasteiger partial charge on any atom is -0.331 e. The summed E-state index contributed by atoms with van der Waals surface area (Å²) >= 11 is 0. The van der Waals surface area contributed by atoms with E-state index in [4.69, 9.17) is 0 Å². The first-order valence-corrected chi connectivity index (χ1v) is 4.46. The molecule has 1 aliphatic heterocycles. The second-order valence-electron chi connectivity index (χ2n) is 3.31. The molecule has 0 unspecified atom stereocenters. The molecule has 0 aliphatic carbocycles. The van der Waals surface area contributed by atoms with Crippen LogP contribution in [0.2, 0.25) is 0 Å². The van der Waals surface area contributed by atoms with Gasteiger partial charge in [-0.1, -0.05) is 12.2 Å². The summed E-state index contributed by atoms with van der Waals surface area (Å²) in [6.07, 6.45) is 6.59. The Hall–Kier alpha value is -1.05. The van der Waals surface area contributed by atoms with Gasteiger partial charge in [-0.05, 0) is 20.3 Å². The maximum atomic E-state index is 4.52. The molecular weight excluding hydrogens is 148 g/mol. The van der Waals surface area contributed by atoms with Gasteiger partial charge in [-0.15, -0.1) is 0 Å². The van der Waals surface area contributed by atoms with Gasteiger partial charge in [0.15, 0.2) is 0 Å². The van der Waals surface area contributed by atoms with Crippen molar-refractivity contribution in [2.45, 2.75) is 33.2 Å². The normalized spacial score (nSPS) is 15.8. The zero-order valence-corrected chi connectivity index (χ0v) is 7.67. The van der Waals surface area contributed by atoms with Crippen molar-refractivity contribution < 1.29 is 0 Å². The van der Waals surface area contributed by atoms with Gasteiger partial charge in [-0.2, -0.15) is 0 Å². The van der Waals surface area contributed by atoms with Gasteiger partial charge in [0.25, 0.3) is 0 Å². The summed E-state index contributed by atoms with van der Waals surface area (Å²) in [5.41, 5.74) is 2.51. The average molecular weight is 162 g/mol. The van der Waals surface area contributed by atoms with Crippen LogP contribution in [0.4, 0.5) is 0 Å². The van der Waals surface area contributed by atoms with Crippen LogP contribution in [-0.2, 0) is 13.0 Å². The van der Waals surface area contributed by atoms with E-state index >= 15 is 0 Å². The molecule has 0 N–H and O–H groups in total. The first-order valence-electron chi connectivity index (χ1n) is 4.46. The lowest BCUT2D eigenvalue weighted by molar-refractivity contribution is 0.669. The van der Waals surface area contributed by atoms with E-state index in [0.717, 1.165) is 19.4 Å². The third kappa shape index (κ3) is 1.07. The lowest BCUT2D eigenvalue weighted by atomic mass is 10.3. The maximum absolute atomic E-state index is 4.52. The molecule has 0 saturated heterocycles. The Morgan fingerprint density at radius 2 is 2.17 bits per heavy atom. The van der Waals surface area contributed by atoms with Gasteiger partial charge in [0.05, 0.1) is 5.69 Å². The number of nitrogens with zero attached hydrogens (tertiary/aromatic N) is 2. The summed E-state index contributed by atoms with van der Waals surface area (Å²) in [6, 6.07) is 0. The largest absolute Gasteiger partial charge is 0.331 e. The van der Waals surface area contributed by atoms with Crippen molar-refractivity contribution in [3.8, 4) is 0 Å². The van der Waals surface area contributed by atoms with Gasteiger partial charge in [-0.3, -0.25) is 0 Å². The zero-order chi connectivity index (χ0) is 8.55. The Bertz CT molecular complexity index is 321. The van der Waals surface area contributed by atoms with Crippen molar-refractivity contribution in [3.05, 3.63) is 29.4 Å². The number of allylic oxidation sites excluding steroid dienone is 2. The van der Waals surface area contributed by atoms with Crippen LogP contribution in [0.15, 0.2) is 12.2 Å². The molecule has 1 aliphatic rings. The molecule has 0 saturated carbocycles. The quantitative estimate of drug-likeness (QED) is 0.533. The highest BCUT2D eigenvalue weighted by Gasteiger charge is 2.10. The summed E-state index contributed by atoms with van der Waals surface area (Å²) in [4.78, 5) is 4.52. The van der Waals surface area contributed by atoms with Crippen molar-refractivity contribution in [3.63, 3.8) is 0 Å². The summed E-state index contributed by atoms with van der Waals surface area (Å²) in [5.74, 6) is 1.22. The second kappa shape index (κ2) is 2.77. The molecule has 1 aromatic heterocycles. The average Bonchev–Trinajstić information content (AvgIpc) is 2.30.